The average molecular weight is 522 g/mol. The monoisotopic (exact) mass is 521 g/mol. The molecule has 10 nitrogen and oxygen atoms in total. The fourth-order valence-electron chi connectivity index (χ4n) is 3.76. The van der Waals surface area contributed by atoms with Gasteiger partial charge in [0.05, 0.1) is 6.07 Å². The summed E-state index contributed by atoms with van der Waals surface area (Å²) in [5.41, 5.74) is 6.65. The number of alkyl carbamates (subject to hydrolysis) is 1. The maximum Gasteiger partial charge on any atom is 0.408 e. The summed E-state index contributed by atoms with van der Waals surface area (Å²) in [6.07, 6.45) is -1.22. The van der Waals surface area contributed by atoms with E-state index in [2.05, 4.69) is 10.6 Å². The first-order chi connectivity index (χ1) is 17.9. The normalized spacial score (nSPS) is 12.4. The Labute approximate surface area is 223 Å². The highest BCUT2D eigenvalue weighted by Gasteiger charge is 2.36. The largest absolute Gasteiger partial charge is 0.444 e. The van der Waals surface area contributed by atoms with Crippen molar-refractivity contribution in [1.82, 2.24) is 15.5 Å². The van der Waals surface area contributed by atoms with Gasteiger partial charge in [-0.1, -0.05) is 60.2 Å². The number of nitrogens with zero attached hydrogens (tertiary/aromatic N) is 2. The van der Waals surface area contributed by atoms with Crippen LogP contribution in [-0.2, 0) is 25.7 Å². The van der Waals surface area contributed by atoms with Gasteiger partial charge in [-0.15, -0.1) is 0 Å². The summed E-state index contributed by atoms with van der Waals surface area (Å²) in [6, 6.07) is 15.8. The SMILES string of the molecule is Cc1cccc(C(C(=O)NCc2ccccc2)N(CC#N)C(=O)C(CCC(N)=O)NC(=O)OC(C)(C)C)c1. The van der Waals surface area contributed by atoms with Crippen LogP contribution in [0.4, 0.5) is 4.79 Å². The van der Waals surface area contributed by atoms with Crippen LogP contribution in [-0.4, -0.2) is 46.9 Å². The third-order valence-corrected chi connectivity index (χ3v) is 5.42. The van der Waals surface area contributed by atoms with Gasteiger partial charge in [0, 0.05) is 13.0 Å². The highest BCUT2D eigenvalue weighted by molar-refractivity contribution is 5.92. The number of benzene rings is 2. The lowest BCUT2D eigenvalue weighted by atomic mass is 10.00. The molecular weight excluding hydrogens is 486 g/mol. The first kappa shape index (κ1) is 29.8. The van der Waals surface area contributed by atoms with E-state index >= 15 is 0 Å². The molecule has 2 rings (SSSR count). The van der Waals surface area contributed by atoms with E-state index in [-0.39, 0.29) is 19.4 Å². The lowest BCUT2D eigenvalue weighted by Crippen LogP contribution is -2.53. The van der Waals surface area contributed by atoms with Crippen LogP contribution in [0.25, 0.3) is 0 Å². The summed E-state index contributed by atoms with van der Waals surface area (Å²) in [4.78, 5) is 52.4. The fraction of sp³-hybridized carbons (Fsp3) is 0.393. The molecule has 0 saturated heterocycles. The van der Waals surface area contributed by atoms with Crippen molar-refractivity contribution >= 4 is 23.8 Å². The third kappa shape index (κ3) is 9.58. The van der Waals surface area contributed by atoms with Crippen molar-refractivity contribution in [3.05, 3.63) is 71.3 Å². The maximum atomic E-state index is 13.8. The molecule has 2 atom stereocenters. The van der Waals surface area contributed by atoms with E-state index in [9.17, 15) is 24.4 Å². The minimum absolute atomic E-state index is 0.137. The van der Waals surface area contributed by atoms with Crippen LogP contribution in [0, 0.1) is 18.3 Å². The van der Waals surface area contributed by atoms with Crippen molar-refractivity contribution in [3.63, 3.8) is 0 Å². The Morgan fingerprint density at radius 3 is 2.34 bits per heavy atom. The van der Waals surface area contributed by atoms with E-state index in [0.29, 0.717) is 5.56 Å². The summed E-state index contributed by atoms with van der Waals surface area (Å²) in [5, 5.41) is 14.9. The summed E-state index contributed by atoms with van der Waals surface area (Å²) in [5.74, 6) is -1.90. The van der Waals surface area contributed by atoms with Crippen molar-refractivity contribution in [2.75, 3.05) is 6.54 Å². The van der Waals surface area contributed by atoms with Gasteiger partial charge in [0.2, 0.25) is 17.7 Å². The number of hydrogen-bond donors (Lipinski definition) is 3. The predicted octanol–water partition coefficient (Wildman–Crippen LogP) is 2.86. The minimum Gasteiger partial charge on any atom is -0.444 e. The first-order valence-electron chi connectivity index (χ1n) is 12.2. The number of primary amides is 1. The molecule has 38 heavy (non-hydrogen) atoms. The Balaban J connectivity index is 2.44. The fourth-order valence-corrected chi connectivity index (χ4v) is 3.76. The number of nitrogens with one attached hydrogen (secondary N) is 2. The average Bonchev–Trinajstić information content (AvgIpc) is 2.84. The second-order valence-electron chi connectivity index (χ2n) is 9.85. The van der Waals surface area contributed by atoms with Crippen molar-refractivity contribution in [1.29, 1.82) is 5.26 Å². The predicted molar refractivity (Wildman–Crippen MR) is 141 cm³/mol. The Kier molecular flexibility index (Phi) is 10.8. The van der Waals surface area contributed by atoms with Crippen LogP contribution in [0.1, 0.15) is 56.3 Å². The van der Waals surface area contributed by atoms with Gasteiger partial charge in [-0.05, 0) is 45.2 Å². The first-order valence-corrected chi connectivity index (χ1v) is 12.2. The van der Waals surface area contributed by atoms with E-state index in [1.54, 1.807) is 39.0 Å². The van der Waals surface area contributed by atoms with E-state index in [4.69, 9.17) is 10.5 Å². The van der Waals surface area contributed by atoms with Gasteiger partial charge < -0.3 is 26.0 Å². The molecule has 0 aliphatic carbocycles. The lowest BCUT2D eigenvalue weighted by molar-refractivity contribution is -0.142. The molecule has 4 amide bonds. The second-order valence-corrected chi connectivity index (χ2v) is 9.85. The molecule has 2 aromatic rings. The Bertz CT molecular complexity index is 1170. The molecule has 202 valence electrons. The number of carbonyl (C=O) groups is 4. The van der Waals surface area contributed by atoms with Gasteiger partial charge in [-0.2, -0.15) is 5.26 Å². The quantitative estimate of drug-likeness (QED) is 0.386. The highest BCUT2D eigenvalue weighted by Crippen LogP contribution is 2.24. The van der Waals surface area contributed by atoms with E-state index in [0.717, 1.165) is 16.0 Å². The summed E-state index contributed by atoms with van der Waals surface area (Å²) >= 11 is 0. The molecule has 0 saturated carbocycles. The zero-order valence-electron chi connectivity index (χ0n) is 22.2. The van der Waals surface area contributed by atoms with Crippen LogP contribution in [0.15, 0.2) is 54.6 Å². The van der Waals surface area contributed by atoms with Crippen LogP contribution in [0.2, 0.25) is 0 Å². The molecule has 10 heteroatoms. The summed E-state index contributed by atoms with van der Waals surface area (Å²) in [6.45, 7) is 6.61. The van der Waals surface area contributed by atoms with Crippen molar-refractivity contribution in [3.8, 4) is 6.07 Å². The second kappa shape index (κ2) is 13.8. The van der Waals surface area contributed by atoms with E-state index in [1.165, 1.54) is 0 Å². The van der Waals surface area contributed by atoms with Crippen molar-refractivity contribution in [2.45, 2.75) is 64.8 Å². The molecule has 0 radical (unpaired) electrons. The number of aryl methyl sites for hydroxylation is 1. The number of ether oxygens (including phenoxy) is 1. The molecule has 2 aromatic carbocycles. The number of hydrogen-bond acceptors (Lipinski definition) is 6. The van der Waals surface area contributed by atoms with Crippen LogP contribution >= 0.6 is 0 Å². The topological polar surface area (TPSA) is 155 Å². The Morgan fingerprint density at radius 1 is 1.08 bits per heavy atom. The molecule has 2 unspecified atom stereocenters. The van der Waals surface area contributed by atoms with Gasteiger partial charge in [-0.3, -0.25) is 14.4 Å². The number of rotatable bonds is 11. The number of amides is 4. The number of nitrogens with two attached hydrogens (primary N) is 1. The lowest BCUT2D eigenvalue weighted by Gasteiger charge is -2.33. The number of carbonyl (C=O) groups excluding carboxylic acids is 4. The zero-order chi connectivity index (χ0) is 28.3. The van der Waals surface area contributed by atoms with Crippen LogP contribution < -0.4 is 16.4 Å². The molecule has 4 N–H and O–H groups in total. The highest BCUT2D eigenvalue weighted by atomic mass is 16.6. The summed E-state index contributed by atoms with van der Waals surface area (Å²) < 4.78 is 5.28. The molecular formula is C28H35N5O5. The molecule has 0 aliphatic rings. The zero-order valence-corrected chi connectivity index (χ0v) is 22.2. The molecule has 0 bridgehead atoms. The van der Waals surface area contributed by atoms with Gasteiger partial charge in [0.15, 0.2) is 0 Å². The van der Waals surface area contributed by atoms with E-state index < -0.39 is 48.0 Å². The number of nitriles is 1. The van der Waals surface area contributed by atoms with Crippen LogP contribution in [0.3, 0.4) is 0 Å². The van der Waals surface area contributed by atoms with Crippen LogP contribution in [0.5, 0.6) is 0 Å². The van der Waals surface area contributed by atoms with Gasteiger partial charge >= 0.3 is 6.09 Å². The van der Waals surface area contributed by atoms with E-state index in [1.807, 2.05) is 49.4 Å². The third-order valence-electron chi connectivity index (χ3n) is 5.42. The Morgan fingerprint density at radius 2 is 1.76 bits per heavy atom. The van der Waals surface area contributed by atoms with Crippen molar-refractivity contribution < 1.29 is 23.9 Å². The standard InChI is InChI=1S/C28H35N5O5/c1-19-9-8-12-21(17-19)24(25(35)31-18-20-10-6-5-7-11-20)33(16-15-29)26(36)22(13-14-23(30)34)32-27(37)38-28(2,3)4/h5-12,17,22,24H,13-14,16,18H2,1-4H3,(H2,30,34)(H,31,35)(H,32,37). The van der Waals surface area contributed by atoms with Crippen molar-refractivity contribution in [2.24, 2.45) is 5.73 Å². The molecule has 0 aliphatic heterocycles. The molecule has 0 spiro atoms. The molecule has 0 fully saturated rings. The Hall–Kier alpha value is -4.39. The minimum atomic E-state index is -1.26. The smallest absolute Gasteiger partial charge is 0.408 e. The van der Waals surface area contributed by atoms with Gasteiger partial charge in [0.25, 0.3) is 0 Å². The molecule has 0 heterocycles. The molecule has 0 aromatic heterocycles. The maximum absolute atomic E-state index is 13.8. The summed E-state index contributed by atoms with van der Waals surface area (Å²) in [7, 11) is 0. The van der Waals surface area contributed by atoms with Gasteiger partial charge in [0.1, 0.15) is 24.2 Å². The van der Waals surface area contributed by atoms with Gasteiger partial charge in [-0.25, -0.2) is 4.79 Å².